The monoisotopic (exact) mass is 334 g/mol. The molecule has 1 aromatic carbocycles. The SMILES string of the molecule is C[C@H](OC(=O)c1cccc(O)c1)C(=O)NC(=O)NC1CCCCC1. The van der Waals surface area contributed by atoms with E-state index < -0.39 is 24.0 Å². The summed E-state index contributed by atoms with van der Waals surface area (Å²) in [4.78, 5) is 35.6. The molecule has 1 aliphatic rings. The first kappa shape index (κ1) is 17.8. The number of amides is 3. The number of nitrogens with one attached hydrogen (secondary N) is 2. The first-order chi connectivity index (χ1) is 11.5. The van der Waals surface area contributed by atoms with Crippen LogP contribution in [0.2, 0.25) is 0 Å². The van der Waals surface area contributed by atoms with Crippen LogP contribution in [0.1, 0.15) is 49.4 Å². The van der Waals surface area contributed by atoms with Crippen molar-refractivity contribution in [3.8, 4) is 5.75 Å². The molecular weight excluding hydrogens is 312 g/mol. The molecule has 7 heteroatoms. The van der Waals surface area contributed by atoms with Crippen LogP contribution in [0.5, 0.6) is 5.75 Å². The van der Waals surface area contributed by atoms with Gasteiger partial charge >= 0.3 is 12.0 Å². The Balaban J connectivity index is 1.80. The predicted molar refractivity (Wildman–Crippen MR) is 86.5 cm³/mol. The van der Waals surface area contributed by atoms with E-state index in [0.717, 1.165) is 25.7 Å². The fourth-order valence-electron chi connectivity index (χ4n) is 2.60. The molecule has 1 atom stereocenters. The van der Waals surface area contributed by atoms with Crippen molar-refractivity contribution in [2.45, 2.75) is 51.2 Å². The van der Waals surface area contributed by atoms with Crippen LogP contribution in [0.4, 0.5) is 4.79 Å². The fraction of sp³-hybridized carbons (Fsp3) is 0.471. The molecule has 0 radical (unpaired) electrons. The highest BCUT2D eigenvalue weighted by molar-refractivity contribution is 5.98. The van der Waals surface area contributed by atoms with E-state index in [-0.39, 0.29) is 17.4 Å². The van der Waals surface area contributed by atoms with Crippen molar-refractivity contribution in [2.24, 2.45) is 0 Å². The second-order valence-electron chi connectivity index (χ2n) is 5.90. The zero-order chi connectivity index (χ0) is 17.5. The molecule has 0 spiro atoms. The Bertz CT molecular complexity index is 611. The van der Waals surface area contributed by atoms with Crippen LogP contribution in [-0.4, -0.2) is 35.2 Å². The van der Waals surface area contributed by atoms with Gasteiger partial charge in [-0.15, -0.1) is 0 Å². The molecule has 0 bridgehead atoms. The van der Waals surface area contributed by atoms with E-state index in [0.29, 0.717) is 0 Å². The van der Waals surface area contributed by atoms with E-state index in [4.69, 9.17) is 4.74 Å². The number of rotatable bonds is 4. The lowest BCUT2D eigenvalue weighted by Crippen LogP contribution is -2.48. The summed E-state index contributed by atoms with van der Waals surface area (Å²) in [6.45, 7) is 1.38. The van der Waals surface area contributed by atoms with E-state index in [1.165, 1.54) is 37.6 Å². The first-order valence-corrected chi connectivity index (χ1v) is 8.07. The molecule has 3 N–H and O–H groups in total. The largest absolute Gasteiger partial charge is 0.508 e. The Morgan fingerprint density at radius 1 is 1.21 bits per heavy atom. The quantitative estimate of drug-likeness (QED) is 0.731. The number of phenols is 1. The van der Waals surface area contributed by atoms with Crippen molar-refractivity contribution < 1.29 is 24.2 Å². The van der Waals surface area contributed by atoms with Gasteiger partial charge in [-0.25, -0.2) is 9.59 Å². The van der Waals surface area contributed by atoms with Gasteiger partial charge in [0.2, 0.25) is 0 Å². The molecule has 2 rings (SSSR count). The Kier molecular flexibility index (Phi) is 6.17. The topological polar surface area (TPSA) is 105 Å². The Labute approximate surface area is 140 Å². The number of carbonyl (C=O) groups excluding carboxylic acids is 3. The van der Waals surface area contributed by atoms with Crippen molar-refractivity contribution in [3.05, 3.63) is 29.8 Å². The van der Waals surface area contributed by atoms with Crippen molar-refractivity contribution in [3.63, 3.8) is 0 Å². The number of hydrogen-bond acceptors (Lipinski definition) is 5. The summed E-state index contributed by atoms with van der Waals surface area (Å²) in [5, 5.41) is 14.3. The second-order valence-corrected chi connectivity index (χ2v) is 5.90. The van der Waals surface area contributed by atoms with Gasteiger partial charge in [0.1, 0.15) is 5.75 Å². The van der Waals surface area contributed by atoms with E-state index in [2.05, 4.69) is 10.6 Å². The number of benzene rings is 1. The van der Waals surface area contributed by atoms with E-state index in [9.17, 15) is 19.5 Å². The van der Waals surface area contributed by atoms with Gasteiger partial charge in [0.15, 0.2) is 6.10 Å². The zero-order valence-electron chi connectivity index (χ0n) is 13.6. The molecule has 0 aromatic heterocycles. The molecule has 0 saturated heterocycles. The third-order valence-corrected chi connectivity index (χ3v) is 3.91. The lowest BCUT2D eigenvalue weighted by molar-refractivity contribution is -0.127. The summed E-state index contributed by atoms with van der Waals surface area (Å²) in [7, 11) is 0. The Hall–Kier alpha value is -2.57. The maximum Gasteiger partial charge on any atom is 0.339 e. The van der Waals surface area contributed by atoms with Crippen LogP contribution in [0.25, 0.3) is 0 Å². The molecule has 0 unspecified atom stereocenters. The van der Waals surface area contributed by atoms with Crippen molar-refractivity contribution >= 4 is 17.9 Å². The summed E-state index contributed by atoms with van der Waals surface area (Å²) in [6.07, 6.45) is 3.98. The molecule has 7 nitrogen and oxygen atoms in total. The minimum absolute atomic E-state index is 0.0755. The van der Waals surface area contributed by atoms with Gasteiger partial charge in [-0.2, -0.15) is 0 Å². The van der Waals surface area contributed by atoms with Crippen LogP contribution in [-0.2, 0) is 9.53 Å². The van der Waals surface area contributed by atoms with Gasteiger partial charge in [-0.1, -0.05) is 25.3 Å². The van der Waals surface area contributed by atoms with Crippen LogP contribution in [0.3, 0.4) is 0 Å². The summed E-state index contributed by atoms with van der Waals surface area (Å²) in [5.41, 5.74) is 0.126. The molecule has 24 heavy (non-hydrogen) atoms. The summed E-state index contributed by atoms with van der Waals surface area (Å²) in [5.74, 6) is -1.52. The molecule has 1 fully saturated rings. The Morgan fingerprint density at radius 3 is 2.58 bits per heavy atom. The Morgan fingerprint density at radius 2 is 1.92 bits per heavy atom. The third-order valence-electron chi connectivity index (χ3n) is 3.91. The average Bonchev–Trinajstić information content (AvgIpc) is 2.55. The van der Waals surface area contributed by atoms with Gasteiger partial charge < -0.3 is 15.2 Å². The lowest BCUT2D eigenvalue weighted by Gasteiger charge is -2.23. The van der Waals surface area contributed by atoms with Crippen molar-refractivity contribution in [1.82, 2.24) is 10.6 Å². The van der Waals surface area contributed by atoms with Gasteiger partial charge in [0.25, 0.3) is 5.91 Å². The van der Waals surface area contributed by atoms with Gasteiger partial charge in [-0.3, -0.25) is 10.1 Å². The molecule has 130 valence electrons. The maximum atomic E-state index is 11.9. The van der Waals surface area contributed by atoms with Crippen LogP contribution < -0.4 is 10.6 Å². The molecule has 1 aliphatic carbocycles. The van der Waals surface area contributed by atoms with Crippen molar-refractivity contribution in [2.75, 3.05) is 0 Å². The summed E-state index contributed by atoms with van der Waals surface area (Å²) in [6, 6.07) is 5.12. The van der Waals surface area contributed by atoms with Gasteiger partial charge in [0.05, 0.1) is 5.56 Å². The van der Waals surface area contributed by atoms with Gasteiger partial charge in [-0.05, 0) is 38.0 Å². The fourth-order valence-corrected chi connectivity index (χ4v) is 2.60. The molecule has 1 saturated carbocycles. The van der Waals surface area contributed by atoms with E-state index in [1.54, 1.807) is 0 Å². The van der Waals surface area contributed by atoms with Crippen LogP contribution in [0.15, 0.2) is 24.3 Å². The number of carbonyl (C=O) groups is 3. The summed E-state index contributed by atoms with van der Waals surface area (Å²) >= 11 is 0. The van der Waals surface area contributed by atoms with E-state index in [1.807, 2.05) is 0 Å². The number of ether oxygens (including phenoxy) is 1. The lowest BCUT2D eigenvalue weighted by atomic mass is 9.96. The zero-order valence-corrected chi connectivity index (χ0v) is 13.6. The van der Waals surface area contributed by atoms with Crippen LogP contribution >= 0.6 is 0 Å². The smallest absolute Gasteiger partial charge is 0.339 e. The number of phenolic OH excluding ortho intramolecular Hbond substituents is 1. The molecule has 1 aromatic rings. The number of urea groups is 1. The molecule has 0 aliphatic heterocycles. The third kappa shape index (κ3) is 5.26. The highest BCUT2D eigenvalue weighted by Crippen LogP contribution is 2.17. The highest BCUT2D eigenvalue weighted by atomic mass is 16.5. The molecule has 0 heterocycles. The molecule has 3 amide bonds. The van der Waals surface area contributed by atoms with Crippen molar-refractivity contribution in [1.29, 1.82) is 0 Å². The normalized spacial score (nSPS) is 16.0. The standard InChI is InChI=1S/C17H22N2O5/c1-11(24-16(22)12-6-5-9-14(20)10-12)15(21)19-17(23)18-13-7-3-2-4-8-13/h5-6,9-11,13,20H,2-4,7-8H2,1H3,(H2,18,19,21,23)/t11-/m0/s1. The minimum Gasteiger partial charge on any atom is -0.508 e. The average molecular weight is 334 g/mol. The number of imide groups is 1. The minimum atomic E-state index is -1.13. The second kappa shape index (κ2) is 8.33. The van der Waals surface area contributed by atoms with Crippen LogP contribution in [0, 0.1) is 0 Å². The number of hydrogen-bond donors (Lipinski definition) is 3. The number of aromatic hydroxyl groups is 1. The molecular formula is C17H22N2O5. The van der Waals surface area contributed by atoms with Gasteiger partial charge in [0, 0.05) is 6.04 Å². The summed E-state index contributed by atoms with van der Waals surface area (Å²) < 4.78 is 5.00. The maximum absolute atomic E-state index is 11.9. The first-order valence-electron chi connectivity index (χ1n) is 8.07. The predicted octanol–water partition coefficient (Wildman–Crippen LogP) is 2.10. The number of esters is 1. The highest BCUT2D eigenvalue weighted by Gasteiger charge is 2.22. The van der Waals surface area contributed by atoms with E-state index >= 15 is 0 Å².